The Hall–Kier alpha value is -2.14. The molecule has 3 aromatic rings. The minimum atomic E-state index is 0.464. The standard InChI is InChI=1S/C17H15N3OS/c1-11-4-8-13(9-5-11)22-17-14(3-2-10-18-17)16-20-19-15(21-16)12-6-7-12/h2-5,8-10,12H,6-7H2,1H3. The van der Waals surface area contributed by atoms with Gasteiger partial charge in [-0.15, -0.1) is 10.2 Å². The lowest BCUT2D eigenvalue weighted by atomic mass is 10.2. The van der Waals surface area contributed by atoms with Gasteiger partial charge in [0.2, 0.25) is 11.8 Å². The van der Waals surface area contributed by atoms with E-state index in [0.29, 0.717) is 11.8 Å². The lowest BCUT2D eigenvalue weighted by Crippen LogP contribution is -1.87. The monoisotopic (exact) mass is 309 g/mol. The Labute approximate surface area is 133 Å². The molecule has 1 aliphatic carbocycles. The van der Waals surface area contributed by atoms with Gasteiger partial charge >= 0.3 is 0 Å². The van der Waals surface area contributed by atoms with Crippen LogP contribution >= 0.6 is 11.8 Å². The van der Waals surface area contributed by atoms with Gasteiger partial charge in [-0.05, 0) is 44.0 Å². The fraction of sp³-hybridized carbons (Fsp3) is 0.235. The molecule has 0 atom stereocenters. The van der Waals surface area contributed by atoms with Gasteiger partial charge in [0.1, 0.15) is 5.03 Å². The first-order valence-corrected chi connectivity index (χ1v) is 8.14. The summed E-state index contributed by atoms with van der Waals surface area (Å²) in [7, 11) is 0. The molecule has 0 spiro atoms. The first kappa shape index (κ1) is 13.5. The van der Waals surface area contributed by atoms with E-state index >= 15 is 0 Å². The van der Waals surface area contributed by atoms with E-state index in [1.165, 1.54) is 5.56 Å². The average Bonchev–Trinajstić information content (AvgIpc) is 3.28. The maximum atomic E-state index is 5.82. The van der Waals surface area contributed by atoms with Crippen molar-refractivity contribution in [2.45, 2.75) is 35.6 Å². The zero-order valence-corrected chi connectivity index (χ0v) is 13.0. The van der Waals surface area contributed by atoms with Crippen molar-refractivity contribution in [2.24, 2.45) is 0 Å². The van der Waals surface area contributed by atoms with Crippen LogP contribution in [0.15, 0.2) is 56.9 Å². The summed E-state index contributed by atoms with van der Waals surface area (Å²) in [6.07, 6.45) is 4.09. The van der Waals surface area contributed by atoms with Crippen molar-refractivity contribution in [3.63, 3.8) is 0 Å². The molecule has 4 rings (SSSR count). The normalized spacial score (nSPS) is 14.2. The molecule has 0 unspecified atom stereocenters. The van der Waals surface area contributed by atoms with E-state index in [4.69, 9.17) is 4.42 Å². The maximum Gasteiger partial charge on any atom is 0.250 e. The smallest absolute Gasteiger partial charge is 0.250 e. The third kappa shape index (κ3) is 2.76. The van der Waals surface area contributed by atoms with Gasteiger partial charge in [0, 0.05) is 17.0 Å². The van der Waals surface area contributed by atoms with E-state index in [9.17, 15) is 0 Å². The summed E-state index contributed by atoms with van der Waals surface area (Å²) in [4.78, 5) is 5.62. The zero-order chi connectivity index (χ0) is 14.9. The number of nitrogens with zero attached hydrogens (tertiary/aromatic N) is 3. The van der Waals surface area contributed by atoms with Gasteiger partial charge in [-0.2, -0.15) is 0 Å². The van der Waals surface area contributed by atoms with Crippen LogP contribution in [0.2, 0.25) is 0 Å². The van der Waals surface area contributed by atoms with Crippen molar-refractivity contribution < 1.29 is 4.42 Å². The molecule has 1 fully saturated rings. The van der Waals surface area contributed by atoms with Crippen molar-refractivity contribution >= 4 is 11.8 Å². The third-order valence-electron chi connectivity index (χ3n) is 3.60. The second-order valence-electron chi connectivity index (χ2n) is 5.49. The molecule has 4 nitrogen and oxygen atoms in total. The van der Waals surface area contributed by atoms with Crippen LogP contribution in [0.25, 0.3) is 11.5 Å². The zero-order valence-electron chi connectivity index (χ0n) is 12.2. The Balaban J connectivity index is 1.66. The molecular formula is C17H15N3OS. The molecule has 0 aliphatic heterocycles. The predicted octanol–water partition coefficient (Wildman–Crippen LogP) is 4.47. The Morgan fingerprint density at radius 2 is 1.91 bits per heavy atom. The summed E-state index contributed by atoms with van der Waals surface area (Å²) in [5, 5.41) is 9.24. The number of hydrogen-bond acceptors (Lipinski definition) is 5. The predicted molar refractivity (Wildman–Crippen MR) is 84.8 cm³/mol. The van der Waals surface area contributed by atoms with Crippen LogP contribution in [0.1, 0.15) is 30.2 Å². The summed E-state index contributed by atoms with van der Waals surface area (Å²) < 4.78 is 5.82. The van der Waals surface area contributed by atoms with Gasteiger partial charge in [-0.25, -0.2) is 4.98 Å². The summed E-state index contributed by atoms with van der Waals surface area (Å²) in [6, 6.07) is 12.3. The van der Waals surface area contributed by atoms with E-state index in [-0.39, 0.29) is 0 Å². The molecule has 0 N–H and O–H groups in total. The van der Waals surface area contributed by atoms with Crippen molar-refractivity contribution in [1.29, 1.82) is 0 Å². The number of hydrogen-bond donors (Lipinski definition) is 0. The molecule has 2 aromatic heterocycles. The van der Waals surface area contributed by atoms with Gasteiger partial charge in [-0.1, -0.05) is 29.5 Å². The molecule has 0 radical (unpaired) electrons. The molecule has 0 amide bonds. The summed E-state index contributed by atoms with van der Waals surface area (Å²) in [5.74, 6) is 1.78. The highest BCUT2D eigenvalue weighted by Crippen LogP contribution is 2.41. The lowest BCUT2D eigenvalue weighted by Gasteiger charge is -2.05. The Morgan fingerprint density at radius 3 is 2.68 bits per heavy atom. The Bertz CT molecular complexity index is 794. The quantitative estimate of drug-likeness (QED) is 0.711. The van der Waals surface area contributed by atoms with Crippen LogP contribution in [0, 0.1) is 6.92 Å². The van der Waals surface area contributed by atoms with Crippen LogP contribution in [-0.4, -0.2) is 15.2 Å². The SMILES string of the molecule is Cc1ccc(Sc2ncccc2-c2nnc(C3CC3)o2)cc1. The molecule has 5 heteroatoms. The van der Waals surface area contributed by atoms with Gasteiger partial charge in [0.05, 0.1) is 5.56 Å². The molecule has 1 saturated carbocycles. The first-order chi connectivity index (χ1) is 10.8. The second kappa shape index (κ2) is 5.57. The first-order valence-electron chi connectivity index (χ1n) is 7.33. The van der Waals surface area contributed by atoms with Crippen LogP contribution in [0.5, 0.6) is 0 Å². The minimum Gasteiger partial charge on any atom is -0.420 e. The van der Waals surface area contributed by atoms with Crippen LogP contribution in [-0.2, 0) is 0 Å². The molecule has 0 bridgehead atoms. The van der Waals surface area contributed by atoms with Gasteiger partial charge < -0.3 is 4.42 Å². The highest BCUT2D eigenvalue weighted by atomic mass is 32.2. The minimum absolute atomic E-state index is 0.464. The van der Waals surface area contributed by atoms with E-state index in [1.807, 2.05) is 12.1 Å². The largest absolute Gasteiger partial charge is 0.420 e. The summed E-state index contributed by atoms with van der Waals surface area (Å²) >= 11 is 1.61. The molecule has 1 aromatic carbocycles. The van der Waals surface area contributed by atoms with Gasteiger partial charge in [-0.3, -0.25) is 0 Å². The Kier molecular flexibility index (Phi) is 3.42. The average molecular weight is 309 g/mol. The van der Waals surface area contributed by atoms with E-state index in [0.717, 1.165) is 34.2 Å². The molecule has 0 saturated heterocycles. The summed E-state index contributed by atoms with van der Waals surface area (Å²) in [6.45, 7) is 2.08. The number of rotatable bonds is 4. The summed E-state index contributed by atoms with van der Waals surface area (Å²) in [5.41, 5.74) is 2.14. The second-order valence-corrected chi connectivity index (χ2v) is 6.55. The van der Waals surface area contributed by atoms with Crippen LogP contribution < -0.4 is 0 Å². The van der Waals surface area contributed by atoms with E-state index in [1.54, 1.807) is 18.0 Å². The van der Waals surface area contributed by atoms with Crippen LogP contribution in [0.3, 0.4) is 0 Å². The maximum absolute atomic E-state index is 5.82. The molecule has 1 aliphatic rings. The lowest BCUT2D eigenvalue weighted by molar-refractivity contribution is 0.507. The van der Waals surface area contributed by atoms with Crippen molar-refractivity contribution in [3.05, 3.63) is 54.0 Å². The van der Waals surface area contributed by atoms with Gasteiger partial charge in [0.25, 0.3) is 0 Å². The number of aryl methyl sites for hydroxylation is 1. The number of benzene rings is 1. The van der Waals surface area contributed by atoms with Crippen LogP contribution in [0.4, 0.5) is 0 Å². The van der Waals surface area contributed by atoms with Gasteiger partial charge in [0.15, 0.2) is 0 Å². The third-order valence-corrected chi connectivity index (χ3v) is 4.63. The Morgan fingerprint density at radius 1 is 1.09 bits per heavy atom. The fourth-order valence-electron chi connectivity index (χ4n) is 2.19. The highest BCUT2D eigenvalue weighted by molar-refractivity contribution is 7.99. The topological polar surface area (TPSA) is 51.8 Å². The van der Waals surface area contributed by atoms with Crippen molar-refractivity contribution in [2.75, 3.05) is 0 Å². The van der Waals surface area contributed by atoms with Crippen molar-refractivity contribution in [1.82, 2.24) is 15.2 Å². The van der Waals surface area contributed by atoms with Crippen molar-refractivity contribution in [3.8, 4) is 11.5 Å². The van der Waals surface area contributed by atoms with E-state index in [2.05, 4.69) is 46.4 Å². The molecule has 2 heterocycles. The fourth-order valence-corrected chi connectivity index (χ4v) is 3.07. The molecule has 110 valence electrons. The number of aromatic nitrogens is 3. The highest BCUT2D eigenvalue weighted by Gasteiger charge is 2.29. The molecule has 22 heavy (non-hydrogen) atoms. The molecular weight excluding hydrogens is 294 g/mol. The van der Waals surface area contributed by atoms with E-state index < -0.39 is 0 Å². The number of pyridine rings is 1.